The fourth-order valence-electron chi connectivity index (χ4n) is 1.12. The number of β-amino-alcohol motifs (C(OH)–C–C–N with tert-alkyl or cyclic N) is 2. The molecular weight excluding hydrogens is 132 g/mol. The number of nitrogens with one attached hydrogen (secondary N) is 1. The van der Waals surface area contributed by atoms with Crippen molar-refractivity contribution in [2.75, 3.05) is 32.7 Å². The van der Waals surface area contributed by atoms with Gasteiger partial charge in [-0.25, -0.2) is 0 Å². The highest BCUT2D eigenvalue weighted by Crippen LogP contribution is 1.92. The summed E-state index contributed by atoms with van der Waals surface area (Å²) < 4.78 is 0. The highest BCUT2D eigenvalue weighted by atomic mass is 16.5. The summed E-state index contributed by atoms with van der Waals surface area (Å²) in [5, 5.41) is 20.4. The van der Waals surface area contributed by atoms with Crippen LogP contribution < -0.4 is 5.32 Å². The van der Waals surface area contributed by atoms with Gasteiger partial charge in [0.05, 0.1) is 0 Å². The number of hydrogen-bond donors (Lipinski definition) is 3. The lowest BCUT2D eigenvalue weighted by Gasteiger charge is -2.27. The summed E-state index contributed by atoms with van der Waals surface area (Å²) >= 11 is 0. The maximum absolute atomic E-state index is 8.60. The average molecular weight is 146 g/mol. The summed E-state index contributed by atoms with van der Waals surface area (Å²) in [4.78, 5) is 2.03. The summed E-state index contributed by atoms with van der Waals surface area (Å²) in [6, 6.07) is 0. The third-order valence-corrected chi connectivity index (χ3v) is 1.63. The molecule has 0 unspecified atom stereocenters. The van der Waals surface area contributed by atoms with Crippen LogP contribution in [0.5, 0.6) is 0 Å². The molecule has 0 spiro atoms. The highest BCUT2D eigenvalue weighted by Gasteiger charge is 2.11. The van der Waals surface area contributed by atoms with Crippen LogP contribution in [0.2, 0.25) is 0 Å². The van der Waals surface area contributed by atoms with Crippen molar-refractivity contribution in [3.8, 4) is 0 Å². The summed E-state index contributed by atoms with van der Waals surface area (Å²) in [5.74, 6) is 0. The molecule has 1 heterocycles. The van der Waals surface area contributed by atoms with Gasteiger partial charge in [0.1, 0.15) is 0 Å². The van der Waals surface area contributed by atoms with E-state index in [1.54, 1.807) is 0 Å². The van der Waals surface area contributed by atoms with Crippen molar-refractivity contribution in [1.29, 1.82) is 0 Å². The second kappa shape index (κ2) is 3.88. The highest BCUT2D eigenvalue weighted by molar-refractivity contribution is 4.67. The van der Waals surface area contributed by atoms with Crippen LogP contribution in [0.1, 0.15) is 0 Å². The van der Waals surface area contributed by atoms with Gasteiger partial charge in [-0.15, -0.1) is 0 Å². The maximum atomic E-state index is 8.60. The van der Waals surface area contributed by atoms with E-state index < -0.39 is 6.29 Å². The largest absolute Gasteiger partial charge is 0.367 e. The minimum atomic E-state index is -1.18. The number of piperazine rings is 1. The van der Waals surface area contributed by atoms with Crippen LogP contribution in [-0.4, -0.2) is 54.1 Å². The second-order valence-corrected chi connectivity index (χ2v) is 2.53. The van der Waals surface area contributed by atoms with Crippen molar-refractivity contribution in [3.05, 3.63) is 0 Å². The molecule has 0 aromatic rings. The van der Waals surface area contributed by atoms with Crippen LogP contribution >= 0.6 is 0 Å². The predicted octanol–water partition coefficient (Wildman–Crippen LogP) is -1.80. The Balaban J connectivity index is 2.13. The van der Waals surface area contributed by atoms with Crippen molar-refractivity contribution in [2.45, 2.75) is 6.29 Å². The van der Waals surface area contributed by atoms with Gasteiger partial charge in [0.15, 0.2) is 6.29 Å². The van der Waals surface area contributed by atoms with Gasteiger partial charge in [-0.05, 0) is 0 Å². The number of aliphatic hydroxyl groups is 2. The van der Waals surface area contributed by atoms with Gasteiger partial charge in [0, 0.05) is 32.7 Å². The van der Waals surface area contributed by atoms with Gasteiger partial charge >= 0.3 is 0 Å². The number of nitrogens with zero attached hydrogens (tertiary/aromatic N) is 1. The Morgan fingerprint density at radius 2 is 1.90 bits per heavy atom. The third kappa shape index (κ3) is 2.62. The van der Waals surface area contributed by atoms with Crippen LogP contribution in [-0.2, 0) is 0 Å². The SMILES string of the molecule is OC(O)CN1CCNCC1. The van der Waals surface area contributed by atoms with E-state index in [2.05, 4.69) is 5.32 Å². The lowest BCUT2D eigenvalue weighted by molar-refractivity contribution is -0.0625. The van der Waals surface area contributed by atoms with E-state index in [0.29, 0.717) is 6.54 Å². The average Bonchev–Trinajstić information content (AvgIpc) is 1.88. The normalized spacial score (nSPS) is 21.9. The molecule has 4 heteroatoms. The quantitative estimate of drug-likeness (QED) is 0.402. The summed E-state index contributed by atoms with van der Waals surface area (Å²) in [5.41, 5.74) is 0. The first-order valence-electron chi connectivity index (χ1n) is 3.58. The molecule has 0 aromatic heterocycles. The van der Waals surface area contributed by atoms with Gasteiger partial charge in [0.2, 0.25) is 0 Å². The number of rotatable bonds is 2. The monoisotopic (exact) mass is 146 g/mol. The molecule has 1 aliphatic rings. The Morgan fingerprint density at radius 1 is 1.30 bits per heavy atom. The molecular formula is C6H14N2O2. The second-order valence-electron chi connectivity index (χ2n) is 2.53. The van der Waals surface area contributed by atoms with Crippen LogP contribution in [0.4, 0.5) is 0 Å². The zero-order chi connectivity index (χ0) is 7.40. The number of hydrogen-bond acceptors (Lipinski definition) is 4. The van der Waals surface area contributed by atoms with Gasteiger partial charge in [-0.3, -0.25) is 4.90 Å². The zero-order valence-corrected chi connectivity index (χ0v) is 5.95. The lowest BCUT2D eigenvalue weighted by Crippen LogP contribution is -2.46. The fourth-order valence-corrected chi connectivity index (χ4v) is 1.12. The van der Waals surface area contributed by atoms with Crippen molar-refractivity contribution in [1.82, 2.24) is 10.2 Å². The van der Waals surface area contributed by atoms with Crippen molar-refractivity contribution >= 4 is 0 Å². The maximum Gasteiger partial charge on any atom is 0.164 e. The van der Waals surface area contributed by atoms with Gasteiger partial charge in [-0.2, -0.15) is 0 Å². The first-order chi connectivity index (χ1) is 4.79. The molecule has 60 valence electrons. The third-order valence-electron chi connectivity index (χ3n) is 1.63. The Morgan fingerprint density at radius 3 is 2.40 bits per heavy atom. The van der Waals surface area contributed by atoms with E-state index in [9.17, 15) is 0 Å². The molecule has 1 aliphatic heterocycles. The van der Waals surface area contributed by atoms with E-state index in [1.807, 2.05) is 4.90 Å². The first kappa shape index (κ1) is 7.94. The molecule has 0 amide bonds. The summed E-state index contributed by atoms with van der Waals surface area (Å²) in [6.07, 6.45) is -1.18. The number of aliphatic hydroxyl groups excluding tert-OH is 1. The zero-order valence-electron chi connectivity index (χ0n) is 5.95. The molecule has 3 N–H and O–H groups in total. The van der Waals surface area contributed by atoms with Gasteiger partial charge < -0.3 is 15.5 Å². The van der Waals surface area contributed by atoms with Crippen LogP contribution in [0, 0.1) is 0 Å². The van der Waals surface area contributed by atoms with Crippen molar-refractivity contribution in [2.24, 2.45) is 0 Å². The smallest absolute Gasteiger partial charge is 0.164 e. The Labute approximate surface area is 60.5 Å². The molecule has 0 aliphatic carbocycles. The van der Waals surface area contributed by atoms with Gasteiger partial charge in [0.25, 0.3) is 0 Å². The molecule has 0 aromatic carbocycles. The van der Waals surface area contributed by atoms with E-state index in [1.165, 1.54) is 0 Å². The molecule has 0 radical (unpaired) electrons. The first-order valence-corrected chi connectivity index (χ1v) is 3.58. The molecule has 1 saturated heterocycles. The Hall–Kier alpha value is -0.160. The van der Waals surface area contributed by atoms with E-state index in [4.69, 9.17) is 10.2 Å². The Kier molecular flexibility index (Phi) is 3.08. The molecule has 10 heavy (non-hydrogen) atoms. The summed E-state index contributed by atoms with van der Waals surface area (Å²) in [6.45, 7) is 4.11. The standard InChI is InChI=1S/C6H14N2O2/c9-6(10)5-8-3-1-7-2-4-8/h6-7,9-10H,1-5H2. The molecule has 0 atom stereocenters. The van der Waals surface area contributed by atoms with Crippen molar-refractivity contribution < 1.29 is 10.2 Å². The van der Waals surface area contributed by atoms with Crippen LogP contribution in [0.15, 0.2) is 0 Å². The topological polar surface area (TPSA) is 55.7 Å². The van der Waals surface area contributed by atoms with Crippen LogP contribution in [0.25, 0.3) is 0 Å². The van der Waals surface area contributed by atoms with Crippen molar-refractivity contribution in [3.63, 3.8) is 0 Å². The minimum Gasteiger partial charge on any atom is -0.367 e. The molecule has 4 nitrogen and oxygen atoms in total. The summed E-state index contributed by atoms with van der Waals surface area (Å²) in [7, 11) is 0. The Bertz CT molecular complexity index is 91.7. The fraction of sp³-hybridized carbons (Fsp3) is 1.00. The molecule has 0 bridgehead atoms. The van der Waals surface area contributed by atoms with E-state index in [-0.39, 0.29) is 0 Å². The molecule has 1 rings (SSSR count). The molecule has 1 fully saturated rings. The predicted molar refractivity (Wildman–Crippen MR) is 37.5 cm³/mol. The van der Waals surface area contributed by atoms with E-state index >= 15 is 0 Å². The minimum absolute atomic E-state index is 0.377. The molecule has 0 saturated carbocycles. The van der Waals surface area contributed by atoms with Crippen LogP contribution in [0.3, 0.4) is 0 Å². The lowest BCUT2D eigenvalue weighted by atomic mass is 10.3. The van der Waals surface area contributed by atoms with E-state index in [0.717, 1.165) is 26.2 Å². The van der Waals surface area contributed by atoms with Gasteiger partial charge in [-0.1, -0.05) is 0 Å².